The van der Waals surface area contributed by atoms with E-state index >= 15 is 0 Å². The Hall–Kier alpha value is -1.98. The van der Waals surface area contributed by atoms with Gasteiger partial charge < -0.3 is 9.47 Å². The van der Waals surface area contributed by atoms with Gasteiger partial charge in [0.1, 0.15) is 30.0 Å². The van der Waals surface area contributed by atoms with Crippen LogP contribution in [0.5, 0.6) is 0 Å². The minimum atomic E-state index is -1.11. The maximum atomic E-state index is 11.7. The highest BCUT2D eigenvalue weighted by molar-refractivity contribution is 6.12. The van der Waals surface area contributed by atoms with Crippen LogP contribution in [-0.2, 0) is 28.7 Å². The summed E-state index contributed by atoms with van der Waals surface area (Å²) in [5.74, 6) is -4.65. The van der Waals surface area contributed by atoms with Crippen LogP contribution in [0.3, 0.4) is 0 Å². The average Bonchev–Trinajstić information content (AvgIpc) is 2.37. The number of ketones is 2. The van der Waals surface area contributed by atoms with Crippen molar-refractivity contribution < 1.29 is 28.7 Å². The molecule has 0 N–H and O–H groups in total. The van der Waals surface area contributed by atoms with Gasteiger partial charge >= 0.3 is 11.9 Å². The third kappa shape index (κ3) is 3.03. The summed E-state index contributed by atoms with van der Waals surface area (Å²) < 4.78 is 9.15. The Balaban J connectivity index is 2.70. The van der Waals surface area contributed by atoms with Crippen LogP contribution in [0.15, 0.2) is 12.7 Å². The van der Waals surface area contributed by atoms with E-state index in [1.165, 1.54) is 6.08 Å². The molecule has 0 aromatic heterocycles. The van der Waals surface area contributed by atoms with Gasteiger partial charge in [-0.2, -0.15) is 0 Å². The number of Topliss-reactive ketones (excluding diaryl/α,β-unsaturated/α-hetero) is 2. The zero-order valence-corrected chi connectivity index (χ0v) is 10.0. The number of esters is 2. The zero-order chi connectivity index (χ0) is 13.7. The molecule has 1 aliphatic rings. The quantitative estimate of drug-likeness (QED) is 0.400. The Kier molecular flexibility index (Phi) is 4.76. The van der Waals surface area contributed by atoms with Crippen molar-refractivity contribution in [2.24, 2.45) is 11.8 Å². The molecule has 0 spiro atoms. The van der Waals surface area contributed by atoms with Gasteiger partial charge in [0.2, 0.25) is 0 Å². The molecule has 0 heterocycles. The van der Waals surface area contributed by atoms with Crippen molar-refractivity contribution in [3.05, 3.63) is 12.7 Å². The third-order valence-corrected chi connectivity index (χ3v) is 2.70. The number of carbonyl (C=O) groups is 4. The highest BCUT2D eigenvalue weighted by Gasteiger charge is 2.43. The van der Waals surface area contributed by atoms with Crippen molar-refractivity contribution in [1.29, 1.82) is 0 Å². The predicted molar refractivity (Wildman–Crippen MR) is 59.4 cm³/mol. The third-order valence-electron chi connectivity index (χ3n) is 2.70. The Bertz CT molecular complexity index is 397. The van der Waals surface area contributed by atoms with E-state index in [-0.39, 0.29) is 19.4 Å². The molecule has 98 valence electrons. The molecule has 2 atom stereocenters. The van der Waals surface area contributed by atoms with Crippen molar-refractivity contribution in [1.82, 2.24) is 0 Å². The van der Waals surface area contributed by atoms with E-state index in [0.717, 1.165) is 7.11 Å². The van der Waals surface area contributed by atoms with E-state index in [2.05, 4.69) is 11.3 Å². The highest BCUT2D eigenvalue weighted by atomic mass is 16.5. The first-order chi connectivity index (χ1) is 8.51. The highest BCUT2D eigenvalue weighted by Crippen LogP contribution is 2.25. The van der Waals surface area contributed by atoms with E-state index in [1.807, 2.05) is 0 Å². The monoisotopic (exact) mass is 254 g/mol. The molecule has 0 bridgehead atoms. The van der Waals surface area contributed by atoms with E-state index < -0.39 is 35.3 Å². The zero-order valence-electron chi connectivity index (χ0n) is 10.0. The van der Waals surface area contributed by atoms with Crippen LogP contribution in [0.4, 0.5) is 0 Å². The minimum absolute atomic E-state index is 0.0166. The van der Waals surface area contributed by atoms with Crippen molar-refractivity contribution >= 4 is 23.5 Å². The summed E-state index contributed by atoms with van der Waals surface area (Å²) in [6, 6.07) is 0. The number of hydrogen-bond donors (Lipinski definition) is 0. The molecule has 6 nitrogen and oxygen atoms in total. The second-order valence-electron chi connectivity index (χ2n) is 3.89. The molecule has 0 radical (unpaired) electrons. The second-order valence-corrected chi connectivity index (χ2v) is 3.89. The lowest BCUT2D eigenvalue weighted by molar-refractivity contribution is -0.161. The first-order valence-corrected chi connectivity index (χ1v) is 5.42. The first kappa shape index (κ1) is 14.1. The summed E-state index contributed by atoms with van der Waals surface area (Å²) in [4.78, 5) is 46.1. The van der Waals surface area contributed by atoms with Crippen LogP contribution in [-0.4, -0.2) is 37.2 Å². The molecule has 6 heteroatoms. The van der Waals surface area contributed by atoms with Crippen LogP contribution in [0.25, 0.3) is 0 Å². The van der Waals surface area contributed by atoms with Crippen LogP contribution in [0.2, 0.25) is 0 Å². The molecular formula is C12H14O6. The lowest BCUT2D eigenvalue weighted by Gasteiger charge is -2.23. The molecule has 0 amide bonds. The maximum absolute atomic E-state index is 11.7. The standard InChI is InChI=1S/C12H14O6/c1-3-4-18-12(16)8-6-9(13)7(5-10(8)14)11(15)17-2/h3,7-8H,1,4-6H2,2H3. The van der Waals surface area contributed by atoms with Crippen molar-refractivity contribution in [2.45, 2.75) is 12.8 Å². The van der Waals surface area contributed by atoms with E-state index in [9.17, 15) is 19.2 Å². The Labute approximate surface area is 104 Å². The molecule has 2 unspecified atom stereocenters. The number of methoxy groups -OCH3 is 1. The molecule has 1 rings (SSSR count). The smallest absolute Gasteiger partial charge is 0.317 e. The molecule has 0 aromatic rings. The predicted octanol–water partition coefficient (Wildman–Crippen LogP) is 0.0530. The molecule has 0 aliphatic heterocycles. The molecule has 18 heavy (non-hydrogen) atoms. The second kappa shape index (κ2) is 6.09. The summed E-state index contributed by atoms with van der Waals surface area (Å²) in [6.07, 6.45) is 0.748. The largest absolute Gasteiger partial charge is 0.468 e. The maximum Gasteiger partial charge on any atom is 0.317 e. The molecule has 1 saturated carbocycles. The van der Waals surface area contributed by atoms with Crippen LogP contribution >= 0.6 is 0 Å². The molecule has 1 fully saturated rings. The fourth-order valence-corrected chi connectivity index (χ4v) is 1.73. The van der Waals surface area contributed by atoms with Gasteiger partial charge in [0.25, 0.3) is 0 Å². The Morgan fingerprint density at radius 3 is 2.17 bits per heavy atom. The Morgan fingerprint density at radius 2 is 1.72 bits per heavy atom. The number of hydrogen-bond acceptors (Lipinski definition) is 6. The Morgan fingerprint density at radius 1 is 1.22 bits per heavy atom. The fourth-order valence-electron chi connectivity index (χ4n) is 1.73. The summed E-state index contributed by atoms with van der Waals surface area (Å²) in [7, 11) is 1.14. The van der Waals surface area contributed by atoms with Gasteiger partial charge in [-0.05, 0) is 0 Å². The summed E-state index contributed by atoms with van der Waals surface area (Å²) >= 11 is 0. The van der Waals surface area contributed by atoms with Gasteiger partial charge in [0, 0.05) is 12.8 Å². The normalized spacial score (nSPS) is 23.4. The SMILES string of the molecule is C=CCOC(=O)C1CC(=O)C(C(=O)OC)CC1=O. The summed E-state index contributed by atoms with van der Waals surface area (Å²) in [5, 5.41) is 0. The van der Waals surface area contributed by atoms with E-state index in [4.69, 9.17) is 4.74 Å². The van der Waals surface area contributed by atoms with Crippen molar-refractivity contribution in [2.75, 3.05) is 13.7 Å². The number of carbonyl (C=O) groups excluding carboxylic acids is 4. The van der Waals surface area contributed by atoms with Crippen molar-refractivity contribution in [3.63, 3.8) is 0 Å². The minimum Gasteiger partial charge on any atom is -0.468 e. The van der Waals surface area contributed by atoms with Gasteiger partial charge in [-0.3, -0.25) is 19.2 Å². The van der Waals surface area contributed by atoms with Gasteiger partial charge in [0.05, 0.1) is 7.11 Å². The van der Waals surface area contributed by atoms with E-state index in [0.29, 0.717) is 0 Å². The van der Waals surface area contributed by atoms with Crippen molar-refractivity contribution in [3.8, 4) is 0 Å². The lowest BCUT2D eigenvalue weighted by Crippen LogP contribution is -2.41. The lowest BCUT2D eigenvalue weighted by atomic mass is 9.80. The molecule has 1 aliphatic carbocycles. The molecular weight excluding hydrogens is 240 g/mol. The topological polar surface area (TPSA) is 86.7 Å². The van der Waals surface area contributed by atoms with Gasteiger partial charge in [-0.1, -0.05) is 12.7 Å². The summed E-state index contributed by atoms with van der Waals surface area (Å²) in [5.41, 5.74) is 0. The van der Waals surface area contributed by atoms with Crippen LogP contribution in [0, 0.1) is 11.8 Å². The first-order valence-electron chi connectivity index (χ1n) is 5.42. The summed E-state index contributed by atoms with van der Waals surface area (Å²) in [6.45, 7) is 3.35. The number of rotatable bonds is 4. The fraction of sp³-hybridized carbons (Fsp3) is 0.500. The number of ether oxygens (including phenoxy) is 2. The average molecular weight is 254 g/mol. The van der Waals surface area contributed by atoms with Crippen LogP contribution < -0.4 is 0 Å². The van der Waals surface area contributed by atoms with Gasteiger partial charge in [-0.25, -0.2) is 0 Å². The van der Waals surface area contributed by atoms with E-state index in [1.54, 1.807) is 0 Å². The van der Waals surface area contributed by atoms with Gasteiger partial charge in [-0.15, -0.1) is 0 Å². The van der Waals surface area contributed by atoms with Gasteiger partial charge in [0.15, 0.2) is 0 Å². The van der Waals surface area contributed by atoms with Crippen LogP contribution in [0.1, 0.15) is 12.8 Å². The molecule has 0 aromatic carbocycles. The molecule has 0 saturated heterocycles.